The number of hydrogen-bond acceptors (Lipinski definition) is 2. The molecule has 148 valence electrons. The van der Waals surface area contributed by atoms with Crippen molar-refractivity contribution in [2.75, 3.05) is 5.32 Å². The first-order chi connectivity index (χ1) is 15.3. The zero-order valence-corrected chi connectivity index (χ0v) is 18.3. The summed E-state index contributed by atoms with van der Waals surface area (Å²) < 4.78 is 1.05. The summed E-state index contributed by atoms with van der Waals surface area (Å²) >= 11 is 3.68. The van der Waals surface area contributed by atoms with Crippen LogP contribution >= 0.6 is 15.9 Å². The van der Waals surface area contributed by atoms with Crippen LogP contribution in [0.3, 0.4) is 0 Å². The molecule has 0 bridgehead atoms. The van der Waals surface area contributed by atoms with Crippen molar-refractivity contribution < 1.29 is 0 Å². The molecule has 1 atom stereocenters. The Labute approximate surface area is 189 Å². The Bertz CT molecular complexity index is 1410. The van der Waals surface area contributed by atoms with Crippen LogP contribution in [0.4, 0.5) is 5.69 Å². The maximum atomic E-state index is 5.20. The van der Waals surface area contributed by atoms with Crippen molar-refractivity contribution in [1.82, 2.24) is 4.98 Å². The smallest absolute Gasteiger partial charge is 0.0795 e. The molecule has 6 rings (SSSR count). The zero-order valence-electron chi connectivity index (χ0n) is 16.7. The predicted octanol–water partition coefficient (Wildman–Crippen LogP) is 7.85. The number of aromatic nitrogens is 1. The van der Waals surface area contributed by atoms with Crippen LogP contribution in [0, 0.1) is 0 Å². The van der Waals surface area contributed by atoms with Gasteiger partial charge >= 0.3 is 0 Å². The van der Waals surface area contributed by atoms with Gasteiger partial charge in [-0.3, -0.25) is 0 Å². The van der Waals surface area contributed by atoms with Crippen LogP contribution in [0.5, 0.6) is 0 Å². The zero-order chi connectivity index (χ0) is 20.8. The first-order valence-electron chi connectivity index (χ1n) is 10.4. The SMILES string of the molecule is Brc1ccc2nc3c(c(-c4ccccc4)c2c1)C(c1ccccc1)Nc1ccccc1-3. The highest BCUT2D eigenvalue weighted by Crippen LogP contribution is 2.48. The van der Waals surface area contributed by atoms with Crippen molar-refractivity contribution in [3.63, 3.8) is 0 Å². The molecule has 4 aromatic carbocycles. The van der Waals surface area contributed by atoms with Crippen molar-refractivity contribution in [3.05, 3.63) is 119 Å². The van der Waals surface area contributed by atoms with Gasteiger partial charge in [-0.15, -0.1) is 0 Å². The molecule has 1 unspecified atom stereocenters. The van der Waals surface area contributed by atoms with Crippen LogP contribution < -0.4 is 5.32 Å². The lowest BCUT2D eigenvalue weighted by molar-refractivity contribution is 0.924. The van der Waals surface area contributed by atoms with Crippen LogP contribution in [-0.2, 0) is 0 Å². The average Bonchev–Trinajstić information content (AvgIpc) is 2.83. The van der Waals surface area contributed by atoms with Crippen molar-refractivity contribution in [3.8, 4) is 22.4 Å². The van der Waals surface area contributed by atoms with Crippen molar-refractivity contribution in [1.29, 1.82) is 0 Å². The number of fused-ring (bicyclic) bond motifs is 4. The van der Waals surface area contributed by atoms with E-state index in [4.69, 9.17) is 4.98 Å². The first kappa shape index (κ1) is 18.3. The van der Waals surface area contributed by atoms with Gasteiger partial charge in [0.2, 0.25) is 0 Å². The molecule has 1 aliphatic heterocycles. The molecule has 1 aliphatic rings. The van der Waals surface area contributed by atoms with Crippen LogP contribution in [0.2, 0.25) is 0 Å². The molecule has 0 radical (unpaired) electrons. The Morgan fingerprint density at radius 2 is 1.45 bits per heavy atom. The summed E-state index contributed by atoms with van der Waals surface area (Å²) in [5.41, 5.74) is 9.21. The Morgan fingerprint density at radius 1 is 0.742 bits per heavy atom. The minimum atomic E-state index is 0.0113. The van der Waals surface area contributed by atoms with Crippen molar-refractivity contribution in [2.45, 2.75) is 6.04 Å². The maximum Gasteiger partial charge on any atom is 0.0795 e. The molecule has 0 fully saturated rings. The van der Waals surface area contributed by atoms with E-state index in [9.17, 15) is 0 Å². The van der Waals surface area contributed by atoms with E-state index in [1.165, 1.54) is 22.3 Å². The van der Waals surface area contributed by atoms with E-state index in [1.54, 1.807) is 0 Å². The minimum Gasteiger partial charge on any atom is -0.373 e. The summed E-state index contributed by atoms with van der Waals surface area (Å²) in [4.78, 5) is 5.20. The molecule has 5 aromatic rings. The Hall–Kier alpha value is -3.43. The third-order valence-corrected chi connectivity index (χ3v) is 6.44. The van der Waals surface area contributed by atoms with E-state index < -0.39 is 0 Å². The van der Waals surface area contributed by atoms with Gasteiger partial charge in [0.1, 0.15) is 0 Å². The number of rotatable bonds is 2. The summed E-state index contributed by atoms with van der Waals surface area (Å²) in [7, 11) is 0. The molecule has 0 spiro atoms. The fourth-order valence-corrected chi connectivity index (χ4v) is 4.95. The molecule has 1 N–H and O–H groups in total. The number of nitrogens with one attached hydrogen (secondary N) is 1. The number of anilines is 1. The second kappa shape index (κ2) is 7.36. The lowest BCUT2D eigenvalue weighted by Crippen LogP contribution is -2.20. The Morgan fingerprint density at radius 3 is 2.26 bits per heavy atom. The van der Waals surface area contributed by atoms with E-state index in [0.29, 0.717) is 0 Å². The highest BCUT2D eigenvalue weighted by atomic mass is 79.9. The molecule has 2 heterocycles. The molecule has 1 aromatic heterocycles. The van der Waals surface area contributed by atoms with Crippen LogP contribution in [-0.4, -0.2) is 4.98 Å². The predicted molar refractivity (Wildman–Crippen MR) is 132 cm³/mol. The Balaban J connectivity index is 1.78. The van der Waals surface area contributed by atoms with Gasteiger partial charge in [-0.25, -0.2) is 4.98 Å². The van der Waals surface area contributed by atoms with Gasteiger partial charge in [-0.2, -0.15) is 0 Å². The van der Waals surface area contributed by atoms with E-state index in [0.717, 1.165) is 32.3 Å². The van der Waals surface area contributed by atoms with Gasteiger partial charge in [0, 0.05) is 26.7 Å². The quantitative estimate of drug-likeness (QED) is 0.288. The number of benzene rings is 4. The molecule has 0 aliphatic carbocycles. The normalized spacial score (nSPS) is 14.5. The number of pyridine rings is 1. The van der Waals surface area contributed by atoms with Crippen molar-refractivity contribution in [2.24, 2.45) is 0 Å². The van der Waals surface area contributed by atoms with E-state index in [1.807, 2.05) is 0 Å². The maximum absolute atomic E-state index is 5.20. The minimum absolute atomic E-state index is 0.0113. The largest absolute Gasteiger partial charge is 0.373 e. The van der Waals surface area contributed by atoms with Crippen LogP contribution in [0.25, 0.3) is 33.3 Å². The molecule has 0 saturated heterocycles. The average molecular weight is 463 g/mol. The fourth-order valence-electron chi connectivity index (χ4n) is 4.59. The lowest BCUT2D eigenvalue weighted by Gasteiger charge is -2.32. The van der Waals surface area contributed by atoms with Gasteiger partial charge in [-0.1, -0.05) is 94.8 Å². The number of nitrogens with zero attached hydrogens (tertiary/aromatic N) is 1. The van der Waals surface area contributed by atoms with Crippen LogP contribution in [0.15, 0.2) is 108 Å². The number of para-hydroxylation sites is 1. The molecule has 2 nitrogen and oxygen atoms in total. The standard InChI is InChI=1S/C28H19BrN2/c29-20-15-16-24-22(17-20)25(18-9-3-1-4-10-18)26-27(19-11-5-2-6-12-19)30-23-14-8-7-13-21(23)28(26)31-24/h1-17,27,30H. The molecular weight excluding hydrogens is 444 g/mol. The molecule has 0 saturated carbocycles. The second-order valence-electron chi connectivity index (χ2n) is 7.81. The van der Waals surface area contributed by atoms with Crippen molar-refractivity contribution >= 4 is 32.5 Å². The lowest BCUT2D eigenvalue weighted by atomic mass is 9.83. The van der Waals surface area contributed by atoms with Gasteiger partial charge < -0.3 is 5.32 Å². The molecular formula is C28H19BrN2. The monoisotopic (exact) mass is 462 g/mol. The number of halogens is 1. The molecule has 0 amide bonds. The summed E-state index contributed by atoms with van der Waals surface area (Å²) in [5.74, 6) is 0. The van der Waals surface area contributed by atoms with Gasteiger partial charge in [0.15, 0.2) is 0 Å². The third kappa shape index (κ3) is 3.05. The molecule has 31 heavy (non-hydrogen) atoms. The molecule has 3 heteroatoms. The highest BCUT2D eigenvalue weighted by molar-refractivity contribution is 9.10. The highest BCUT2D eigenvalue weighted by Gasteiger charge is 2.30. The topological polar surface area (TPSA) is 24.9 Å². The summed E-state index contributed by atoms with van der Waals surface area (Å²) in [6.45, 7) is 0. The fraction of sp³-hybridized carbons (Fsp3) is 0.0357. The van der Waals surface area contributed by atoms with Gasteiger partial charge in [0.05, 0.1) is 17.3 Å². The van der Waals surface area contributed by atoms with Gasteiger partial charge in [-0.05, 0) is 41.0 Å². The third-order valence-electron chi connectivity index (χ3n) is 5.95. The summed E-state index contributed by atoms with van der Waals surface area (Å²) in [6.07, 6.45) is 0. The van der Waals surface area contributed by atoms with E-state index in [2.05, 4.69) is 124 Å². The van der Waals surface area contributed by atoms with E-state index >= 15 is 0 Å². The second-order valence-corrected chi connectivity index (χ2v) is 8.73. The van der Waals surface area contributed by atoms with Crippen LogP contribution in [0.1, 0.15) is 17.2 Å². The summed E-state index contributed by atoms with van der Waals surface area (Å²) in [6, 6.07) is 36.2. The first-order valence-corrected chi connectivity index (χ1v) is 11.2. The summed E-state index contributed by atoms with van der Waals surface area (Å²) in [5, 5.41) is 4.96. The van der Waals surface area contributed by atoms with Gasteiger partial charge in [0.25, 0.3) is 0 Å². The Kier molecular flexibility index (Phi) is 4.36. The number of hydrogen-bond donors (Lipinski definition) is 1. The van der Waals surface area contributed by atoms with E-state index in [-0.39, 0.29) is 6.04 Å².